The van der Waals surface area contributed by atoms with Crippen LogP contribution in [-0.4, -0.2) is 29.8 Å². The second kappa shape index (κ2) is 10.8. The van der Waals surface area contributed by atoms with Crippen molar-refractivity contribution < 1.29 is 9.59 Å². The summed E-state index contributed by atoms with van der Waals surface area (Å²) in [7, 11) is 0. The Morgan fingerprint density at radius 2 is 1.77 bits per heavy atom. The second-order valence-corrected chi connectivity index (χ2v) is 9.48. The quantitative estimate of drug-likeness (QED) is 0.521. The van der Waals surface area contributed by atoms with Crippen molar-refractivity contribution in [3.05, 3.63) is 51.9 Å². The number of nitrogens with zero attached hydrogens (tertiary/aromatic N) is 1. The Labute approximate surface area is 184 Å². The summed E-state index contributed by atoms with van der Waals surface area (Å²) in [5.41, 5.74) is 2.53. The van der Waals surface area contributed by atoms with Gasteiger partial charge in [-0.25, -0.2) is 0 Å². The Kier molecular flexibility index (Phi) is 8.08. The largest absolute Gasteiger partial charge is 0.339 e. The van der Waals surface area contributed by atoms with E-state index in [1.165, 1.54) is 10.4 Å². The number of thiophene rings is 1. The van der Waals surface area contributed by atoms with Gasteiger partial charge in [-0.3, -0.25) is 9.59 Å². The molecule has 30 heavy (non-hydrogen) atoms. The predicted octanol–water partition coefficient (Wildman–Crippen LogP) is 6.17. The molecule has 4 nitrogen and oxygen atoms in total. The van der Waals surface area contributed by atoms with Crippen LogP contribution in [0.1, 0.15) is 84.0 Å². The van der Waals surface area contributed by atoms with Crippen LogP contribution >= 0.6 is 11.3 Å². The van der Waals surface area contributed by atoms with Crippen LogP contribution in [0.5, 0.6) is 0 Å². The van der Waals surface area contributed by atoms with E-state index in [0.29, 0.717) is 11.5 Å². The molecule has 2 amide bonds. The molecule has 0 fully saturated rings. The van der Waals surface area contributed by atoms with Crippen LogP contribution in [0.15, 0.2) is 30.3 Å². The molecular formula is C25H34N2O2S. The number of amides is 2. The fourth-order valence-electron chi connectivity index (χ4n) is 4.00. The van der Waals surface area contributed by atoms with Crippen LogP contribution in [0, 0.1) is 5.92 Å². The molecule has 0 unspecified atom stereocenters. The van der Waals surface area contributed by atoms with E-state index in [4.69, 9.17) is 0 Å². The van der Waals surface area contributed by atoms with E-state index in [9.17, 15) is 9.59 Å². The summed E-state index contributed by atoms with van der Waals surface area (Å²) in [6.07, 6.45) is 7.14. The summed E-state index contributed by atoms with van der Waals surface area (Å²) in [6, 6.07) is 9.23. The molecule has 1 aromatic carbocycles. The highest BCUT2D eigenvalue weighted by molar-refractivity contribution is 7.17. The van der Waals surface area contributed by atoms with E-state index in [1.807, 2.05) is 23.1 Å². The summed E-state index contributed by atoms with van der Waals surface area (Å²) in [6.45, 7) is 8.13. The van der Waals surface area contributed by atoms with Crippen molar-refractivity contribution in [2.45, 2.75) is 65.7 Å². The highest BCUT2D eigenvalue weighted by Crippen LogP contribution is 2.40. The number of fused-ring (bicyclic) bond motifs is 1. The maximum absolute atomic E-state index is 13.7. The van der Waals surface area contributed by atoms with Crippen molar-refractivity contribution in [2.75, 3.05) is 18.4 Å². The molecule has 162 valence electrons. The number of hydrogen-bond donors (Lipinski definition) is 1. The topological polar surface area (TPSA) is 49.4 Å². The molecule has 0 radical (unpaired) electrons. The summed E-state index contributed by atoms with van der Waals surface area (Å²) in [4.78, 5) is 29.8. The van der Waals surface area contributed by atoms with Gasteiger partial charge in [0, 0.05) is 23.5 Å². The van der Waals surface area contributed by atoms with Gasteiger partial charge in [0.15, 0.2) is 0 Å². The van der Waals surface area contributed by atoms with Gasteiger partial charge in [0.1, 0.15) is 5.00 Å². The molecule has 3 rings (SSSR count). The van der Waals surface area contributed by atoms with Gasteiger partial charge < -0.3 is 10.2 Å². The fraction of sp³-hybridized carbons (Fsp3) is 0.520. The molecular weight excluding hydrogens is 392 g/mol. The molecule has 2 aromatic rings. The lowest BCUT2D eigenvalue weighted by Crippen LogP contribution is -2.34. The smallest absolute Gasteiger partial charge is 0.257 e. The third kappa shape index (κ3) is 5.31. The number of hydrogen-bond acceptors (Lipinski definition) is 3. The van der Waals surface area contributed by atoms with Crippen LogP contribution in [-0.2, 0) is 12.8 Å². The molecule has 1 N–H and O–H groups in total. The van der Waals surface area contributed by atoms with Gasteiger partial charge in [0.05, 0.1) is 5.56 Å². The van der Waals surface area contributed by atoms with Gasteiger partial charge in [-0.15, -0.1) is 11.3 Å². The van der Waals surface area contributed by atoms with Crippen molar-refractivity contribution >= 4 is 28.2 Å². The zero-order valence-corrected chi connectivity index (χ0v) is 19.3. The average molecular weight is 427 g/mol. The molecule has 1 heterocycles. The Hall–Kier alpha value is -2.14. The third-order valence-corrected chi connectivity index (χ3v) is 7.01. The minimum absolute atomic E-state index is 0.0901. The van der Waals surface area contributed by atoms with E-state index in [-0.39, 0.29) is 11.8 Å². The summed E-state index contributed by atoms with van der Waals surface area (Å²) >= 11 is 1.60. The third-order valence-electron chi connectivity index (χ3n) is 5.84. The average Bonchev–Trinajstić information content (AvgIpc) is 3.10. The standard InChI is InChI=1S/C25H34N2O2S/c1-4-6-15-27(16-7-5-2)25(29)22-20-14-13-18(3)17-21(20)30-24(22)26-23(28)19-11-9-8-10-12-19/h8-12,18H,4-7,13-17H2,1-3H3,(H,26,28)/t18-/m1/s1. The number of carbonyl (C=O) groups is 2. The van der Waals surface area contributed by atoms with Gasteiger partial charge in [0.2, 0.25) is 0 Å². The number of nitrogens with one attached hydrogen (secondary N) is 1. The van der Waals surface area contributed by atoms with Gasteiger partial charge in [0.25, 0.3) is 11.8 Å². The summed E-state index contributed by atoms with van der Waals surface area (Å²) in [5.74, 6) is 0.560. The van der Waals surface area contributed by atoms with E-state index in [2.05, 4.69) is 26.1 Å². The predicted molar refractivity (Wildman–Crippen MR) is 126 cm³/mol. The van der Waals surface area contributed by atoms with E-state index in [0.717, 1.165) is 68.6 Å². The van der Waals surface area contributed by atoms with Crippen LogP contribution < -0.4 is 5.32 Å². The van der Waals surface area contributed by atoms with Crippen molar-refractivity contribution in [3.63, 3.8) is 0 Å². The van der Waals surface area contributed by atoms with Crippen molar-refractivity contribution in [3.8, 4) is 0 Å². The van der Waals surface area contributed by atoms with Crippen LogP contribution in [0.3, 0.4) is 0 Å². The monoisotopic (exact) mass is 426 g/mol. The van der Waals surface area contributed by atoms with Crippen LogP contribution in [0.2, 0.25) is 0 Å². The summed E-state index contributed by atoms with van der Waals surface area (Å²) < 4.78 is 0. The second-order valence-electron chi connectivity index (χ2n) is 8.38. The molecule has 0 saturated heterocycles. The minimum atomic E-state index is -0.148. The van der Waals surface area contributed by atoms with Crippen molar-refractivity contribution in [1.82, 2.24) is 4.90 Å². The Bertz CT molecular complexity index is 852. The van der Waals surface area contributed by atoms with Crippen LogP contribution in [0.4, 0.5) is 5.00 Å². The van der Waals surface area contributed by atoms with Gasteiger partial charge >= 0.3 is 0 Å². The molecule has 0 spiro atoms. The highest BCUT2D eigenvalue weighted by Gasteiger charge is 2.30. The Morgan fingerprint density at radius 1 is 1.10 bits per heavy atom. The molecule has 1 aliphatic carbocycles. The van der Waals surface area contributed by atoms with Gasteiger partial charge in [-0.05, 0) is 55.7 Å². The van der Waals surface area contributed by atoms with E-state index >= 15 is 0 Å². The maximum Gasteiger partial charge on any atom is 0.257 e. The zero-order chi connectivity index (χ0) is 21.5. The number of benzene rings is 1. The van der Waals surface area contributed by atoms with Gasteiger partial charge in [-0.2, -0.15) is 0 Å². The SMILES string of the molecule is CCCCN(CCCC)C(=O)c1c(NC(=O)c2ccccc2)sc2c1CC[C@@H](C)C2. The van der Waals surface area contributed by atoms with Crippen LogP contribution in [0.25, 0.3) is 0 Å². The molecule has 1 atom stereocenters. The zero-order valence-electron chi connectivity index (χ0n) is 18.5. The first-order valence-corrected chi connectivity index (χ1v) is 12.2. The van der Waals surface area contributed by atoms with Crippen molar-refractivity contribution in [1.29, 1.82) is 0 Å². The lowest BCUT2D eigenvalue weighted by molar-refractivity contribution is 0.0751. The first kappa shape index (κ1) is 22.5. The first-order valence-electron chi connectivity index (χ1n) is 11.3. The lowest BCUT2D eigenvalue weighted by Gasteiger charge is -2.25. The Balaban J connectivity index is 1.94. The molecule has 0 aliphatic heterocycles. The summed E-state index contributed by atoms with van der Waals surface area (Å²) in [5, 5.41) is 3.81. The molecule has 0 saturated carbocycles. The normalized spacial score (nSPS) is 15.5. The molecule has 1 aliphatic rings. The number of rotatable bonds is 9. The minimum Gasteiger partial charge on any atom is -0.339 e. The van der Waals surface area contributed by atoms with Crippen molar-refractivity contribution in [2.24, 2.45) is 5.92 Å². The molecule has 5 heteroatoms. The lowest BCUT2D eigenvalue weighted by atomic mass is 9.88. The van der Waals surface area contributed by atoms with E-state index < -0.39 is 0 Å². The maximum atomic E-state index is 13.7. The molecule has 0 bridgehead atoms. The van der Waals surface area contributed by atoms with E-state index in [1.54, 1.807) is 23.5 Å². The highest BCUT2D eigenvalue weighted by atomic mass is 32.1. The first-order chi connectivity index (χ1) is 14.5. The molecule has 1 aromatic heterocycles. The number of carbonyl (C=O) groups excluding carboxylic acids is 2. The fourth-order valence-corrected chi connectivity index (χ4v) is 5.40. The number of anilines is 1. The number of unbranched alkanes of at least 4 members (excludes halogenated alkanes) is 2. The Morgan fingerprint density at radius 3 is 2.40 bits per heavy atom. The van der Waals surface area contributed by atoms with Gasteiger partial charge in [-0.1, -0.05) is 51.8 Å².